The van der Waals surface area contributed by atoms with Crippen LogP contribution in [0, 0.1) is 6.92 Å². The van der Waals surface area contributed by atoms with Crippen LogP contribution in [0.1, 0.15) is 40.5 Å². The highest BCUT2D eigenvalue weighted by Gasteiger charge is 2.13. The zero-order valence-corrected chi connectivity index (χ0v) is 15.5. The van der Waals surface area contributed by atoms with Gasteiger partial charge in [-0.2, -0.15) is 4.98 Å². The van der Waals surface area contributed by atoms with Crippen molar-refractivity contribution in [2.24, 2.45) is 0 Å². The first kappa shape index (κ1) is 18.8. The van der Waals surface area contributed by atoms with E-state index < -0.39 is 0 Å². The highest BCUT2D eigenvalue weighted by Crippen LogP contribution is 2.19. The number of halogens is 1. The SMILES string of the molecule is Cc1noc(Cc2ccccc2NC(=O)CCC(=O)c2ccc(Cl)cc2)n1. The number of aryl methyl sites for hydroxylation is 1. The van der Waals surface area contributed by atoms with Gasteiger partial charge in [0.25, 0.3) is 0 Å². The highest BCUT2D eigenvalue weighted by molar-refractivity contribution is 6.30. The number of carbonyl (C=O) groups is 2. The summed E-state index contributed by atoms with van der Waals surface area (Å²) < 4.78 is 5.14. The van der Waals surface area contributed by atoms with E-state index in [4.69, 9.17) is 16.1 Å². The Labute approximate surface area is 161 Å². The summed E-state index contributed by atoms with van der Waals surface area (Å²) in [7, 11) is 0. The lowest BCUT2D eigenvalue weighted by molar-refractivity contribution is -0.116. The number of ketones is 1. The molecular weight excluding hydrogens is 366 g/mol. The third-order valence-electron chi connectivity index (χ3n) is 3.95. The van der Waals surface area contributed by atoms with E-state index >= 15 is 0 Å². The number of para-hydroxylation sites is 1. The smallest absolute Gasteiger partial charge is 0.231 e. The molecule has 1 heterocycles. The van der Waals surface area contributed by atoms with Gasteiger partial charge in [-0.3, -0.25) is 9.59 Å². The summed E-state index contributed by atoms with van der Waals surface area (Å²) >= 11 is 5.82. The third kappa shape index (κ3) is 5.24. The van der Waals surface area contributed by atoms with Crippen molar-refractivity contribution in [1.82, 2.24) is 10.1 Å². The third-order valence-corrected chi connectivity index (χ3v) is 4.20. The normalized spacial score (nSPS) is 10.6. The second-order valence-corrected chi connectivity index (χ2v) is 6.48. The minimum absolute atomic E-state index is 0.0927. The van der Waals surface area contributed by atoms with Crippen molar-refractivity contribution in [3.05, 3.63) is 76.4 Å². The molecule has 27 heavy (non-hydrogen) atoms. The van der Waals surface area contributed by atoms with E-state index in [-0.39, 0.29) is 24.5 Å². The largest absolute Gasteiger partial charge is 0.339 e. The second kappa shape index (κ2) is 8.60. The molecule has 0 aliphatic heterocycles. The highest BCUT2D eigenvalue weighted by atomic mass is 35.5. The first-order valence-electron chi connectivity index (χ1n) is 8.47. The number of nitrogens with one attached hydrogen (secondary N) is 1. The molecule has 3 rings (SSSR count). The number of amides is 1. The van der Waals surface area contributed by atoms with Gasteiger partial charge in [0, 0.05) is 29.1 Å². The van der Waals surface area contributed by atoms with Crippen LogP contribution in [0.2, 0.25) is 5.02 Å². The van der Waals surface area contributed by atoms with Crippen LogP contribution in [0.15, 0.2) is 53.1 Å². The standard InChI is InChI=1S/C20H18ClN3O3/c1-13-22-20(27-24-13)12-15-4-2-3-5-17(15)23-19(26)11-10-18(25)14-6-8-16(21)9-7-14/h2-9H,10-12H2,1H3,(H,23,26). The zero-order valence-electron chi connectivity index (χ0n) is 14.7. The van der Waals surface area contributed by atoms with Gasteiger partial charge in [0.1, 0.15) is 0 Å². The average molecular weight is 384 g/mol. The summed E-state index contributed by atoms with van der Waals surface area (Å²) in [6.07, 6.45) is 0.634. The molecule has 7 heteroatoms. The molecule has 0 aliphatic rings. The Morgan fingerprint density at radius 3 is 2.52 bits per heavy atom. The number of anilines is 1. The molecule has 0 saturated carbocycles. The summed E-state index contributed by atoms with van der Waals surface area (Å²) in [6, 6.07) is 14.0. The molecule has 0 spiro atoms. The minimum atomic E-state index is -0.230. The minimum Gasteiger partial charge on any atom is -0.339 e. The lowest BCUT2D eigenvalue weighted by Crippen LogP contribution is -2.14. The summed E-state index contributed by atoms with van der Waals surface area (Å²) in [5.41, 5.74) is 2.06. The van der Waals surface area contributed by atoms with Gasteiger partial charge in [-0.25, -0.2) is 0 Å². The van der Waals surface area contributed by atoms with Crippen LogP contribution in [0.4, 0.5) is 5.69 Å². The Bertz CT molecular complexity index is 951. The molecule has 6 nitrogen and oxygen atoms in total. The van der Waals surface area contributed by atoms with E-state index in [1.54, 1.807) is 37.3 Å². The Kier molecular flexibility index (Phi) is 5.98. The van der Waals surface area contributed by atoms with E-state index in [2.05, 4.69) is 15.5 Å². The van der Waals surface area contributed by atoms with Gasteiger partial charge in [-0.05, 0) is 42.8 Å². The predicted octanol–water partition coefficient (Wildman–Crippen LogP) is 4.22. The summed E-state index contributed by atoms with van der Waals surface area (Å²) in [5.74, 6) is 0.710. The lowest BCUT2D eigenvalue weighted by Gasteiger charge is -2.09. The molecule has 0 bridgehead atoms. The topological polar surface area (TPSA) is 85.1 Å². The number of nitrogens with zero attached hydrogens (tertiary/aromatic N) is 2. The molecule has 1 amide bonds. The number of aromatic nitrogens is 2. The Hall–Kier alpha value is -2.99. The van der Waals surface area contributed by atoms with Crippen LogP contribution in [-0.4, -0.2) is 21.8 Å². The molecule has 0 radical (unpaired) electrons. The molecule has 0 saturated heterocycles. The average Bonchev–Trinajstić information content (AvgIpc) is 3.07. The number of Topliss-reactive ketones (excluding diaryl/α,β-unsaturated/α-hetero) is 1. The summed E-state index contributed by atoms with van der Waals surface area (Å²) in [5, 5.41) is 7.19. The maximum Gasteiger partial charge on any atom is 0.231 e. The van der Waals surface area contributed by atoms with Gasteiger partial charge in [0.05, 0.1) is 6.42 Å². The van der Waals surface area contributed by atoms with Crippen LogP contribution < -0.4 is 5.32 Å². The van der Waals surface area contributed by atoms with Gasteiger partial charge in [0.2, 0.25) is 11.8 Å². The van der Waals surface area contributed by atoms with Crippen molar-refractivity contribution in [1.29, 1.82) is 0 Å². The quantitative estimate of drug-likeness (QED) is 0.617. The molecule has 138 valence electrons. The van der Waals surface area contributed by atoms with Crippen LogP contribution in [0.3, 0.4) is 0 Å². The number of hydrogen-bond donors (Lipinski definition) is 1. The molecule has 0 unspecified atom stereocenters. The number of hydrogen-bond acceptors (Lipinski definition) is 5. The Morgan fingerprint density at radius 1 is 1.07 bits per heavy atom. The van der Waals surface area contributed by atoms with Crippen molar-refractivity contribution < 1.29 is 14.1 Å². The zero-order chi connectivity index (χ0) is 19.2. The number of carbonyl (C=O) groups excluding carboxylic acids is 2. The van der Waals surface area contributed by atoms with E-state index in [0.29, 0.717) is 34.4 Å². The molecule has 1 aromatic heterocycles. The van der Waals surface area contributed by atoms with Gasteiger partial charge in [-0.15, -0.1) is 0 Å². The number of rotatable bonds is 7. The first-order chi connectivity index (χ1) is 13.0. The Balaban J connectivity index is 1.59. The van der Waals surface area contributed by atoms with E-state index in [1.165, 1.54) is 0 Å². The van der Waals surface area contributed by atoms with Gasteiger partial charge in [0.15, 0.2) is 11.6 Å². The lowest BCUT2D eigenvalue weighted by atomic mass is 10.1. The molecule has 0 atom stereocenters. The Morgan fingerprint density at radius 2 is 1.81 bits per heavy atom. The molecular formula is C20H18ClN3O3. The maximum atomic E-state index is 12.3. The second-order valence-electron chi connectivity index (χ2n) is 6.05. The predicted molar refractivity (Wildman–Crippen MR) is 102 cm³/mol. The van der Waals surface area contributed by atoms with Crippen LogP contribution in [0.25, 0.3) is 0 Å². The van der Waals surface area contributed by atoms with Gasteiger partial charge in [-0.1, -0.05) is 35.0 Å². The van der Waals surface area contributed by atoms with Crippen molar-refractivity contribution in [3.8, 4) is 0 Å². The fourth-order valence-corrected chi connectivity index (χ4v) is 2.72. The monoisotopic (exact) mass is 383 g/mol. The summed E-state index contributed by atoms with van der Waals surface area (Å²) in [6.45, 7) is 1.75. The van der Waals surface area contributed by atoms with Crippen molar-refractivity contribution in [3.63, 3.8) is 0 Å². The van der Waals surface area contributed by atoms with E-state index in [9.17, 15) is 9.59 Å². The van der Waals surface area contributed by atoms with E-state index in [1.807, 2.05) is 18.2 Å². The summed E-state index contributed by atoms with van der Waals surface area (Å²) in [4.78, 5) is 28.6. The molecule has 0 fully saturated rings. The van der Waals surface area contributed by atoms with Crippen LogP contribution >= 0.6 is 11.6 Å². The van der Waals surface area contributed by atoms with Gasteiger partial charge >= 0.3 is 0 Å². The van der Waals surface area contributed by atoms with Crippen LogP contribution in [0.5, 0.6) is 0 Å². The van der Waals surface area contributed by atoms with Crippen molar-refractivity contribution in [2.75, 3.05) is 5.32 Å². The van der Waals surface area contributed by atoms with Crippen molar-refractivity contribution in [2.45, 2.75) is 26.2 Å². The maximum absolute atomic E-state index is 12.3. The van der Waals surface area contributed by atoms with Gasteiger partial charge < -0.3 is 9.84 Å². The van der Waals surface area contributed by atoms with Crippen LogP contribution in [-0.2, 0) is 11.2 Å². The first-order valence-corrected chi connectivity index (χ1v) is 8.85. The molecule has 0 aliphatic carbocycles. The fourth-order valence-electron chi connectivity index (χ4n) is 2.59. The van der Waals surface area contributed by atoms with Crippen molar-refractivity contribution >= 4 is 29.0 Å². The number of benzene rings is 2. The van der Waals surface area contributed by atoms with E-state index in [0.717, 1.165) is 5.56 Å². The fraction of sp³-hybridized carbons (Fsp3) is 0.200. The molecule has 1 N–H and O–H groups in total. The molecule has 3 aromatic rings. The molecule has 2 aromatic carbocycles.